The average molecular weight is 444 g/mol. The summed E-state index contributed by atoms with van der Waals surface area (Å²) in [6.07, 6.45) is 6.20. The number of methoxy groups -OCH3 is 1. The van der Waals surface area contributed by atoms with Gasteiger partial charge in [0.2, 0.25) is 11.8 Å². The van der Waals surface area contributed by atoms with Crippen LogP contribution in [0.4, 0.5) is 0 Å². The maximum Gasteiger partial charge on any atom is 0.220 e. The van der Waals surface area contributed by atoms with E-state index in [-0.39, 0.29) is 17.9 Å². The number of rotatable bonds is 9. The molecule has 1 fully saturated rings. The third-order valence-electron chi connectivity index (χ3n) is 6.22. The third-order valence-corrected chi connectivity index (χ3v) is 6.22. The number of aromatic nitrogens is 1. The van der Waals surface area contributed by atoms with Crippen molar-refractivity contribution in [1.29, 1.82) is 0 Å². The number of hydrogen-bond donors (Lipinski definition) is 2. The molecule has 2 N–H and O–H groups in total. The minimum atomic E-state index is -0.431. The molecule has 1 aliphatic heterocycles. The Labute approximate surface area is 194 Å². The largest absolute Gasteiger partial charge is 0.497 e. The molecular formula is C27H29N3O3. The summed E-state index contributed by atoms with van der Waals surface area (Å²) < 4.78 is 5.34. The standard InChI is InChI=1S/C27H29N3O3/c1-33-23-9-5-6-20(18-23)19-27(15-11-25(32)30-27)14-10-24(31)29-26(21-7-3-2-4-8-21)22-12-16-28-17-13-22/h2-9,12-13,16-18,26H,10-11,14-15,19H2,1H3,(H,29,31)(H,30,32). The first-order valence-corrected chi connectivity index (χ1v) is 11.3. The van der Waals surface area contributed by atoms with Crippen molar-refractivity contribution in [1.82, 2.24) is 15.6 Å². The van der Waals surface area contributed by atoms with E-state index in [2.05, 4.69) is 15.6 Å². The molecule has 1 aromatic heterocycles. The zero-order valence-corrected chi connectivity index (χ0v) is 18.8. The smallest absolute Gasteiger partial charge is 0.220 e. The first-order valence-electron chi connectivity index (χ1n) is 11.3. The van der Waals surface area contributed by atoms with Gasteiger partial charge in [0.15, 0.2) is 0 Å². The number of ether oxygens (including phenoxy) is 1. The summed E-state index contributed by atoms with van der Waals surface area (Å²) in [7, 11) is 1.64. The number of carbonyl (C=O) groups is 2. The van der Waals surface area contributed by atoms with Crippen LogP contribution in [-0.2, 0) is 16.0 Å². The van der Waals surface area contributed by atoms with E-state index < -0.39 is 5.54 Å². The van der Waals surface area contributed by atoms with Gasteiger partial charge in [-0.05, 0) is 60.2 Å². The topological polar surface area (TPSA) is 80.3 Å². The molecule has 2 unspecified atom stereocenters. The maximum atomic E-state index is 13.1. The van der Waals surface area contributed by atoms with Crippen molar-refractivity contribution < 1.29 is 14.3 Å². The number of pyridine rings is 1. The van der Waals surface area contributed by atoms with Gasteiger partial charge in [-0.1, -0.05) is 42.5 Å². The summed E-state index contributed by atoms with van der Waals surface area (Å²) in [6, 6.07) is 21.3. The minimum Gasteiger partial charge on any atom is -0.497 e. The van der Waals surface area contributed by atoms with Gasteiger partial charge in [-0.25, -0.2) is 0 Å². The van der Waals surface area contributed by atoms with Crippen LogP contribution in [0.15, 0.2) is 79.1 Å². The van der Waals surface area contributed by atoms with Crippen LogP contribution in [0.2, 0.25) is 0 Å². The van der Waals surface area contributed by atoms with Crippen molar-refractivity contribution in [2.75, 3.05) is 7.11 Å². The van der Waals surface area contributed by atoms with Crippen LogP contribution in [-0.4, -0.2) is 29.4 Å². The molecule has 3 aromatic rings. The Morgan fingerprint density at radius 2 is 1.85 bits per heavy atom. The SMILES string of the molecule is COc1cccc(CC2(CCC(=O)NC(c3ccccc3)c3ccncc3)CCC(=O)N2)c1. The molecule has 170 valence electrons. The Morgan fingerprint density at radius 1 is 1.09 bits per heavy atom. The van der Waals surface area contributed by atoms with Gasteiger partial charge in [0, 0.05) is 30.8 Å². The molecule has 2 amide bonds. The second-order valence-corrected chi connectivity index (χ2v) is 8.55. The first kappa shape index (κ1) is 22.5. The van der Waals surface area contributed by atoms with E-state index in [9.17, 15) is 9.59 Å². The quantitative estimate of drug-likeness (QED) is 0.525. The molecule has 0 bridgehead atoms. The minimum absolute atomic E-state index is 0.0391. The number of carbonyl (C=O) groups excluding carboxylic acids is 2. The van der Waals surface area contributed by atoms with Gasteiger partial charge in [-0.3, -0.25) is 14.6 Å². The van der Waals surface area contributed by atoms with Crippen LogP contribution in [0.25, 0.3) is 0 Å². The molecule has 2 atom stereocenters. The van der Waals surface area contributed by atoms with Gasteiger partial charge in [-0.15, -0.1) is 0 Å². The average Bonchev–Trinajstić information content (AvgIpc) is 3.22. The van der Waals surface area contributed by atoms with Gasteiger partial charge < -0.3 is 15.4 Å². The van der Waals surface area contributed by atoms with Crippen LogP contribution in [0.3, 0.4) is 0 Å². The van der Waals surface area contributed by atoms with Crippen molar-refractivity contribution in [3.8, 4) is 5.75 Å². The van der Waals surface area contributed by atoms with E-state index in [1.54, 1.807) is 19.5 Å². The Balaban J connectivity index is 1.47. The van der Waals surface area contributed by atoms with Gasteiger partial charge in [-0.2, -0.15) is 0 Å². The van der Waals surface area contributed by atoms with Crippen LogP contribution >= 0.6 is 0 Å². The molecular weight excluding hydrogens is 414 g/mol. The fourth-order valence-corrected chi connectivity index (χ4v) is 4.50. The Morgan fingerprint density at radius 3 is 2.55 bits per heavy atom. The summed E-state index contributed by atoms with van der Waals surface area (Å²) in [5, 5.41) is 6.34. The summed E-state index contributed by atoms with van der Waals surface area (Å²) in [6.45, 7) is 0. The number of benzene rings is 2. The van der Waals surface area contributed by atoms with Crippen LogP contribution in [0, 0.1) is 0 Å². The van der Waals surface area contributed by atoms with Crippen molar-refractivity contribution in [3.63, 3.8) is 0 Å². The molecule has 0 radical (unpaired) electrons. The summed E-state index contributed by atoms with van der Waals surface area (Å²) in [4.78, 5) is 29.3. The van der Waals surface area contributed by atoms with E-state index in [1.165, 1.54) is 0 Å². The predicted molar refractivity (Wildman–Crippen MR) is 127 cm³/mol. The summed E-state index contributed by atoms with van der Waals surface area (Å²) in [5.74, 6) is 0.775. The fraction of sp³-hybridized carbons (Fsp3) is 0.296. The van der Waals surface area contributed by atoms with E-state index in [0.717, 1.165) is 22.4 Å². The zero-order chi connectivity index (χ0) is 23.1. The number of hydrogen-bond acceptors (Lipinski definition) is 4. The molecule has 2 aromatic carbocycles. The second kappa shape index (κ2) is 10.3. The second-order valence-electron chi connectivity index (χ2n) is 8.55. The molecule has 0 saturated carbocycles. The molecule has 2 heterocycles. The van der Waals surface area contributed by atoms with Crippen molar-refractivity contribution in [3.05, 3.63) is 95.8 Å². The van der Waals surface area contributed by atoms with Gasteiger partial charge in [0.1, 0.15) is 5.75 Å². The third kappa shape index (κ3) is 5.77. The van der Waals surface area contributed by atoms with Gasteiger partial charge in [0.25, 0.3) is 0 Å². The molecule has 0 spiro atoms. The van der Waals surface area contributed by atoms with Crippen molar-refractivity contribution in [2.24, 2.45) is 0 Å². The van der Waals surface area contributed by atoms with Crippen molar-refractivity contribution in [2.45, 2.75) is 43.7 Å². The van der Waals surface area contributed by atoms with Crippen molar-refractivity contribution >= 4 is 11.8 Å². The normalized spacial score (nSPS) is 18.4. The van der Waals surface area contributed by atoms with E-state index in [4.69, 9.17) is 4.74 Å². The first-order chi connectivity index (χ1) is 16.1. The number of amides is 2. The monoisotopic (exact) mass is 443 g/mol. The fourth-order valence-electron chi connectivity index (χ4n) is 4.50. The van der Waals surface area contributed by atoms with E-state index in [1.807, 2.05) is 66.7 Å². The lowest BCUT2D eigenvalue weighted by Gasteiger charge is -2.30. The highest BCUT2D eigenvalue weighted by atomic mass is 16.5. The molecule has 33 heavy (non-hydrogen) atoms. The van der Waals surface area contributed by atoms with Crippen LogP contribution < -0.4 is 15.4 Å². The predicted octanol–water partition coefficient (Wildman–Crippen LogP) is 3.97. The molecule has 1 saturated heterocycles. The van der Waals surface area contributed by atoms with E-state index in [0.29, 0.717) is 32.1 Å². The highest BCUT2D eigenvalue weighted by Gasteiger charge is 2.38. The van der Waals surface area contributed by atoms with E-state index >= 15 is 0 Å². The van der Waals surface area contributed by atoms with Gasteiger partial charge in [0.05, 0.1) is 13.2 Å². The molecule has 6 nitrogen and oxygen atoms in total. The zero-order valence-electron chi connectivity index (χ0n) is 18.8. The molecule has 6 heteroatoms. The lowest BCUT2D eigenvalue weighted by molar-refractivity contribution is -0.123. The summed E-state index contributed by atoms with van der Waals surface area (Å²) >= 11 is 0. The van der Waals surface area contributed by atoms with Gasteiger partial charge >= 0.3 is 0 Å². The highest BCUT2D eigenvalue weighted by Crippen LogP contribution is 2.31. The molecule has 4 rings (SSSR count). The Kier molecular flexibility index (Phi) is 7.03. The number of nitrogens with one attached hydrogen (secondary N) is 2. The Hall–Kier alpha value is -3.67. The molecule has 1 aliphatic rings. The lowest BCUT2D eigenvalue weighted by atomic mass is 9.84. The van der Waals surface area contributed by atoms with Crippen LogP contribution in [0.5, 0.6) is 5.75 Å². The summed E-state index contributed by atoms with van der Waals surface area (Å²) in [5.41, 5.74) is 2.64. The lowest BCUT2D eigenvalue weighted by Crippen LogP contribution is -2.44. The molecule has 0 aliphatic carbocycles. The highest BCUT2D eigenvalue weighted by molar-refractivity contribution is 5.80. The Bertz CT molecular complexity index is 1050. The van der Waals surface area contributed by atoms with Crippen LogP contribution in [0.1, 0.15) is 48.4 Å². The number of nitrogens with zero attached hydrogens (tertiary/aromatic N) is 1. The maximum absolute atomic E-state index is 13.1.